The van der Waals surface area contributed by atoms with Gasteiger partial charge in [-0.1, -0.05) is 11.6 Å². The number of fused-ring (bicyclic) bond motifs is 1. The van der Waals surface area contributed by atoms with Crippen LogP contribution in [0.1, 0.15) is 31.4 Å². The molecule has 0 atom stereocenters. The third-order valence-electron chi connectivity index (χ3n) is 3.23. The van der Waals surface area contributed by atoms with E-state index >= 15 is 0 Å². The number of hydrogen-bond donors (Lipinski definition) is 1. The molecule has 1 aliphatic carbocycles. The summed E-state index contributed by atoms with van der Waals surface area (Å²) in [5.74, 6) is 0.137. The zero-order valence-electron chi connectivity index (χ0n) is 10.1. The molecule has 1 aliphatic rings. The van der Waals surface area contributed by atoms with Gasteiger partial charge in [-0.15, -0.1) is 0 Å². The first-order chi connectivity index (χ1) is 8.69. The summed E-state index contributed by atoms with van der Waals surface area (Å²) in [6.45, 7) is 2.85. The molecule has 1 fully saturated rings. The molecule has 0 amide bonds. The lowest BCUT2D eigenvalue weighted by Crippen LogP contribution is -2.00. The van der Waals surface area contributed by atoms with E-state index in [9.17, 15) is 4.39 Å². The highest BCUT2D eigenvalue weighted by molar-refractivity contribution is 6.31. The minimum absolute atomic E-state index is 0.141. The van der Waals surface area contributed by atoms with Gasteiger partial charge in [0.05, 0.1) is 10.5 Å². The largest absolute Gasteiger partial charge is 0.385 e. The van der Waals surface area contributed by atoms with E-state index in [0.29, 0.717) is 11.4 Å². The first-order valence-electron chi connectivity index (χ1n) is 6.22. The van der Waals surface area contributed by atoms with Gasteiger partial charge in [-0.05, 0) is 31.9 Å². The highest BCUT2D eigenvalue weighted by Crippen LogP contribution is 2.41. The van der Waals surface area contributed by atoms with Crippen molar-refractivity contribution in [2.24, 2.45) is 0 Å². The van der Waals surface area contributed by atoms with E-state index in [-0.39, 0.29) is 5.02 Å². The second kappa shape index (κ2) is 4.39. The average Bonchev–Trinajstić information content (AvgIpc) is 3.15. The molecule has 1 saturated carbocycles. The maximum atomic E-state index is 13.5. The molecule has 2 aromatic rings. The van der Waals surface area contributed by atoms with Crippen LogP contribution in [0.4, 0.5) is 10.1 Å². The summed E-state index contributed by atoms with van der Waals surface area (Å²) < 4.78 is 13.5. The molecule has 0 aliphatic heterocycles. The van der Waals surface area contributed by atoms with E-state index in [1.54, 1.807) is 6.07 Å². The molecule has 94 valence electrons. The molecule has 1 aromatic carbocycles. The van der Waals surface area contributed by atoms with Crippen LogP contribution < -0.4 is 5.32 Å². The van der Waals surface area contributed by atoms with Crippen molar-refractivity contribution >= 4 is 28.2 Å². The average molecular weight is 265 g/mol. The summed E-state index contributed by atoms with van der Waals surface area (Å²) in [7, 11) is 0. The summed E-state index contributed by atoms with van der Waals surface area (Å²) in [6, 6.07) is 5.13. The predicted octanol–water partition coefficient (Wildman–Crippen LogP) is 4.34. The monoisotopic (exact) mass is 264 g/mol. The number of aromatic nitrogens is 1. The Hall–Kier alpha value is -1.35. The van der Waals surface area contributed by atoms with Crippen molar-refractivity contribution in [1.82, 2.24) is 4.98 Å². The van der Waals surface area contributed by atoms with E-state index < -0.39 is 5.82 Å². The molecular formula is C14H14ClFN2. The Morgan fingerprint density at radius 1 is 1.39 bits per heavy atom. The highest BCUT2D eigenvalue weighted by Gasteiger charge is 2.26. The smallest absolute Gasteiger partial charge is 0.143 e. The third kappa shape index (κ3) is 2.03. The molecule has 0 radical (unpaired) electrons. The van der Waals surface area contributed by atoms with Crippen molar-refractivity contribution in [3.8, 4) is 0 Å². The van der Waals surface area contributed by atoms with Crippen molar-refractivity contribution in [2.75, 3.05) is 11.9 Å². The zero-order chi connectivity index (χ0) is 12.7. The molecule has 0 bridgehead atoms. The maximum absolute atomic E-state index is 13.5. The minimum Gasteiger partial charge on any atom is -0.385 e. The molecule has 3 rings (SSSR count). The quantitative estimate of drug-likeness (QED) is 0.892. The lowest BCUT2D eigenvalue weighted by molar-refractivity contribution is 0.630. The number of anilines is 1. The Morgan fingerprint density at radius 2 is 2.17 bits per heavy atom. The van der Waals surface area contributed by atoms with Gasteiger partial charge in [0.25, 0.3) is 0 Å². The molecule has 1 N–H and O–H groups in total. The zero-order valence-corrected chi connectivity index (χ0v) is 10.9. The molecule has 2 nitrogen and oxygen atoms in total. The Morgan fingerprint density at radius 3 is 2.83 bits per heavy atom. The van der Waals surface area contributed by atoms with E-state index in [0.717, 1.165) is 23.3 Å². The number of halogens is 2. The summed E-state index contributed by atoms with van der Waals surface area (Å²) in [6.07, 6.45) is 2.36. The SMILES string of the molecule is CCNc1cc(C2CC2)nc2cc(F)c(Cl)cc12. The number of pyridine rings is 1. The van der Waals surface area contributed by atoms with Gasteiger partial charge in [-0.3, -0.25) is 4.98 Å². The fourth-order valence-corrected chi connectivity index (χ4v) is 2.33. The second-order valence-corrected chi connectivity index (χ2v) is 5.09. The Kier molecular flexibility index (Phi) is 2.86. The number of hydrogen-bond acceptors (Lipinski definition) is 2. The van der Waals surface area contributed by atoms with Crippen molar-refractivity contribution in [3.63, 3.8) is 0 Å². The van der Waals surface area contributed by atoms with Crippen LogP contribution in [-0.4, -0.2) is 11.5 Å². The van der Waals surface area contributed by atoms with Gasteiger partial charge >= 0.3 is 0 Å². The summed E-state index contributed by atoms with van der Waals surface area (Å²) in [4.78, 5) is 4.54. The lowest BCUT2D eigenvalue weighted by Gasteiger charge is -2.11. The number of rotatable bonds is 3. The molecule has 4 heteroatoms. The topological polar surface area (TPSA) is 24.9 Å². The van der Waals surface area contributed by atoms with Crippen LogP contribution in [0.25, 0.3) is 10.9 Å². The molecule has 18 heavy (non-hydrogen) atoms. The van der Waals surface area contributed by atoms with Crippen molar-refractivity contribution in [1.29, 1.82) is 0 Å². The standard InChI is InChI=1S/C14H14ClFN2/c1-2-17-13-7-12(8-3-4-8)18-14-6-11(16)10(15)5-9(13)14/h5-8H,2-4H2,1H3,(H,17,18). The number of benzene rings is 1. The Balaban J connectivity index is 2.22. The van der Waals surface area contributed by atoms with Crippen LogP contribution in [0.3, 0.4) is 0 Å². The van der Waals surface area contributed by atoms with Gasteiger partial charge < -0.3 is 5.32 Å². The maximum Gasteiger partial charge on any atom is 0.143 e. The van der Waals surface area contributed by atoms with Crippen LogP contribution >= 0.6 is 11.6 Å². The van der Waals surface area contributed by atoms with E-state index in [1.807, 2.05) is 6.92 Å². The lowest BCUT2D eigenvalue weighted by atomic mass is 10.1. The first kappa shape index (κ1) is 11.7. The predicted molar refractivity (Wildman–Crippen MR) is 72.8 cm³/mol. The fourth-order valence-electron chi connectivity index (χ4n) is 2.17. The summed E-state index contributed by atoms with van der Waals surface area (Å²) >= 11 is 5.84. The van der Waals surface area contributed by atoms with Gasteiger partial charge in [0.1, 0.15) is 5.82 Å². The Labute approximate surface area is 110 Å². The van der Waals surface area contributed by atoms with Crippen molar-refractivity contribution in [2.45, 2.75) is 25.7 Å². The second-order valence-electron chi connectivity index (χ2n) is 4.68. The van der Waals surface area contributed by atoms with E-state index in [2.05, 4.69) is 16.4 Å². The molecule has 1 aromatic heterocycles. The van der Waals surface area contributed by atoms with Gasteiger partial charge in [0.2, 0.25) is 0 Å². The molecule has 0 unspecified atom stereocenters. The van der Waals surface area contributed by atoms with Crippen molar-refractivity contribution < 1.29 is 4.39 Å². The molecule has 0 saturated heterocycles. The van der Waals surface area contributed by atoms with Crippen LogP contribution in [0.2, 0.25) is 5.02 Å². The third-order valence-corrected chi connectivity index (χ3v) is 3.52. The van der Waals surface area contributed by atoms with Gasteiger partial charge in [-0.25, -0.2) is 4.39 Å². The van der Waals surface area contributed by atoms with Gasteiger partial charge in [0, 0.05) is 35.3 Å². The summed E-state index contributed by atoms with van der Waals surface area (Å²) in [5.41, 5.74) is 2.73. The van der Waals surface area contributed by atoms with E-state index in [1.165, 1.54) is 18.9 Å². The normalized spacial score (nSPS) is 15.1. The number of nitrogens with zero attached hydrogens (tertiary/aromatic N) is 1. The Bertz CT molecular complexity index is 608. The van der Waals surface area contributed by atoms with Crippen LogP contribution in [0.5, 0.6) is 0 Å². The van der Waals surface area contributed by atoms with Crippen molar-refractivity contribution in [3.05, 3.63) is 34.7 Å². The van der Waals surface area contributed by atoms with Gasteiger partial charge in [0.15, 0.2) is 0 Å². The molecular weight excluding hydrogens is 251 g/mol. The minimum atomic E-state index is -0.410. The molecule has 1 heterocycles. The van der Waals surface area contributed by atoms with E-state index in [4.69, 9.17) is 11.6 Å². The van der Waals surface area contributed by atoms with Gasteiger partial charge in [-0.2, -0.15) is 0 Å². The van der Waals surface area contributed by atoms with Crippen LogP contribution in [0, 0.1) is 5.82 Å². The fraction of sp³-hybridized carbons (Fsp3) is 0.357. The molecule has 0 spiro atoms. The first-order valence-corrected chi connectivity index (χ1v) is 6.60. The van der Waals surface area contributed by atoms with Crippen LogP contribution in [-0.2, 0) is 0 Å². The van der Waals surface area contributed by atoms with Crippen LogP contribution in [0.15, 0.2) is 18.2 Å². The summed E-state index contributed by atoms with van der Waals surface area (Å²) in [5, 5.41) is 4.32. The highest BCUT2D eigenvalue weighted by atomic mass is 35.5. The number of nitrogens with one attached hydrogen (secondary N) is 1.